The Morgan fingerprint density at radius 3 is 2.62 bits per heavy atom. The monoisotopic (exact) mass is 336 g/mol. The highest BCUT2D eigenvalue weighted by molar-refractivity contribution is 6.31. The summed E-state index contributed by atoms with van der Waals surface area (Å²) in [5, 5.41) is 23.6. The smallest absolute Gasteiger partial charge is 0.249 e. The van der Waals surface area contributed by atoms with E-state index in [1.165, 1.54) is 0 Å². The zero-order valence-corrected chi connectivity index (χ0v) is 13.3. The quantitative estimate of drug-likeness (QED) is 0.737. The molecule has 0 saturated heterocycles. The molecule has 0 unspecified atom stereocenters. The molecule has 0 radical (unpaired) electrons. The molecule has 1 heterocycles. The van der Waals surface area contributed by atoms with Crippen molar-refractivity contribution < 1.29 is 0 Å². The fourth-order valence-corrected chi connectivity index (χ4v) is 2.23. The first kappa shape index (κ1) is 15.7. The molecular formula is C17H13ClN6. The molecule has 0 spiro atoms. The van der Waals surface area contributed by atoms with Gasteiger partial charge in [0.05, 0.1) is 17.8 Å². The molecular weight excluding hydrogens is 324 g/mol. The number of nitrogens with zero attached hydrogens (tertiary/aromatic N) is 4. The molecule has 0 aliphatic carbocycles. The van der Waals surface area contributed by atoms with E-state index in [1.54, 1.807) is 30.5 Å². The standard InChI is InChI=1S/C17H13ClN6/c18-15-4-2-1-3-13(15)10-20-16-11-21-24-17(23-16)22-14-7-5-12(9-19)6-8-14/h1-8,11H,10H2,(H2,20,22,23,24). The highest BCUT2D eigenvalue weighted by atomic mass is 35.5. The summed E-state index contributed by atoms with van der Waals surface area (Å²) in [6, 6.07) is 16.7. The molecule has 1 aromatic heterocycles. The van der Waals surface area contributed by atoms with E-state index in [9.17, 15) is 0 Å². The molecule has 2 aromatic carbocycles. The molecule has 3 aromatic rings. The number of hydrogen-bond acceptors (Lipinski definition) is 6. The molecule has 7 heteroatoms. The first-order valence-corrected chi connectivity index (χ1v) is 7.56. The summed E-state index contributed by atoms with van der Waals surface area (Å²) in [7, 11) is 0. The molecule has 0 fully saturated rings. The van der Waals surface area contributed by atoms with Gasteiger partial charge in [0.25, 0.3) is 0 Å². The number of halogens is 1. The van der Waals surface area contributed by atoms with Gasteiger partial charge in [-0.15, -0.1) is 5.10 Å². The molecule has 0 amide bonds. The highest BCUT2D eigenvalue weighted by Crippen LogP contribution is 2.17. The molecule has 6 nitrogen and oxygen atoms in total. The van der Waals surface area contributed by atoms with Gasteiger partial charge in [-0.1, -0.05) is 29.8 Å². The van der Waals surface area contributed by atoms with Crippen molar-refractivity contribution in [2.75, 3.05) is 10.6 Å². The number of aromatic nitrogens is 3. The van der Waals surface area contributed by atoms with Crippen molar-refractivity contribution in [1.29, 1.82) is 5.26 Å². The first-order valence-electron chi connectivity index (χ1n) is 7.19. The SMILES string of the molecule is N#Cc1ccc(Nc2nncc(NCc3ccccc3Cl)n2)cc1. The van der Waals surface area contributed by atoms with Crippen LogP contribution in [-0.4, -0.2) is 15.2 Å². The normalized spacial score (nSPS) is 10.0. The zero-order valence-electron chi connectivity index (χ0n) is 12.6. The van der Waals surface area contributed by atoms with Gasteiger partial charge in [-0.05, 0) is 35.9 Å². The minimum atomic E-state index is 0.365. The van der Waals surface area contributed by atoms with Crippen LogP contribution in [0, 0.1) is 11.3 Å². The van der Waals surface area contributed by atoms with E-state index >= 15 is 0 Å². The molecule has 3 rings (SSSR count). The highest BCUT2D eigenvalue weighted by Gasteiger charge is 2.03. The van der Waals surface area contributed by atoms with E-state index in [4.69, 9.17) is 16.9 Å². The lowest BCUT2D eigenvalue weighted by Gasteiger charge is -2.08. The molecule has 24 heavy (non-hydrogen) atoms. The van der Waals surface area contributed by atoms with E-state index in [0.717, 1.165) is 11.3 Å². The average Bonchev–Trinajstić information content (AvgIpc) is 2.62. The summed E-state index contributed by atoms with van der Waals surface area (Å²) in [4.78, 5) is 4.35. The first-order chi connectivity index (χ1) is 11.7. The van der Waals surface area contributed by atoms with Crippen LogP contribution in [0.2, 0.25) is 5.02 Å². The Balaban J connectivity index is 1.67. The fraction of sp³-hybridized carbons (Fsp3) is 0.0588. The van der Waals surface area contributed by atoms with Gasteiger partial charge in [-0.3, -0.25) is 0 Å². The third-order valence-electron chi connectivity index (χ3n) is 3.25. The van der Waals surface area contributed by atoms with Gasteiger partial charge in [0, 0.05) is 17.3 Å². The Hall–Kier alpha value is -3.17. The van der Waals surface area contributed by atoms with Crippen LogP contribution in [0.3, 0.4) is 0 Å². The summed E-state index contributed by atoms with van der Waals surface area (Å²) in [6.45, 7) is 0.536. The average molecular weight is 337 g/mol. The number of benzene rings is 2. The Morgan fingerprint density at radius 2 is 1.88 bits per heavy atom. The molecule has 0 bridgehead atoms. The van der Waals surface area contributed by atoms with E-state index in [1.807, 2.05) is 24.3 Å². The number of anilines is 3. The molecule has 2 N–H and O–H groups in total. The number of nitrogens with one attached hydrogen (secondary N) is 2. The van der Waals surface area contributed by atoms with Crippen LogP contribution >= 0.6 is 11.6 Å². The van der Waals surface area contributed by atoms with Crippen LogP contribution in [0.5, 0.6) is 0 Å². The number of hydrogen-bond donors (Lipinski definition) is 2. The summed E-state index contributed by atoms with van der Waals surface area (Å²) in [5.74, 6) is 0.949. The minimum Gasteiger partial charge on any atom is -0.364 e. The van der Waals surface area contributed by atoms with Crippen LogP contribution in [0.15, 0.2) is 54.7 Å². The van der Waals surface area contributed by atoms with Crippen molar-refractivity contribution >= 4 is 29.1 Å². The predicted octanol–water partition coefficient (Wildman–Crippen LogP) is 3.75. The van der Waals surface area contributed by atoms with Gasteiger partial charge < -0.3 is 10.6 Å². The van der Waals surface area contributed by atoms with E-state index < -0.39 is 0 Å². The lowest BCUT2D eigenvalue weighted by molar-refractivity contribution is 0.966. The number of rotatable bonds is 5. The van der Waals surface area contributed by atoms with E-state index in [-0.39, 0.29) is 0 Å². The Morgan fingerprint density at radius 1 is 1.08 bits per heavy atom. The van der Waals surface area contributed by atoms with Crippen LogP contribution < -0.4 is 10.6 Å². The predicted molar refractivity (Wildman–Crippen MR) is 93.0 cm³/mol. The van der Waals surface area contributed by atoms with Crippen LogP contribution in [-0.2, 0) is 6.54 Å². The van der Waals surface area contributed by atoms with Crippen LogP contribution in [0.4, 0.5) is 17.5 Å². The maximum absolute atomic E-state index is 8.80. The molecule has 0 aliphatic rings. The second-order valence-corrected chi connectivity index (χ2v) is 5.33. The zero-order chi connectivity index (χ0) is 16.8. The maximum Gasteiger partial charge on any atom is 0.249 e. The summed E-state index contributed by atoms with van der Waals surface area (Å²) in [5.41, 5.74) is 2.34. The molecule has 118 valence electrons. The molecule has 0 atom stereocenters. The summed E-state index contributed by atoms with van der Waals surface area (Å²) < 4.78 is 0. The fourth-order valence-electron chi connectivity index (χ4n) is 2.03. The summed E-state index contributed by atoms with van der Waals surface area (Å²) in [6.07, 6.45) is 1.54. The molecule has 0 saturated carbocycles. The maximum atomic E-state index is 8.80. The van der Waals surface area contributed by atoms with Crippen molar-refractivity contribution in [1.82, 2.24) is 15.2 Å². The lowest BCUT2D eigenvalue weighted by atomic mass is 10.2. The lowest BCUT2D eigenvalue weighted by Crippen LogP contribution is -2.06. The van der Waals surface area contributed by atoms with Gasteiger partial charge in [0.1, 0.15) is 0 Å². The van der Waals surface area contributed by atoms with Crippen molar-refractivity contribution in [3.05, 3.63) is 70.9 Å². The van der Waals surface area contributed by atoms with E-state index in [2.05, 4.69) is 31.9 Å². The van der Waals surface area contributed by atoms with Crippen molar-refractivity contribution in [2.24, 2.45) is 0 Å². The van der Waals surface area contributed by atoms with Crippen LogP contribution in [0.25, 0.3) is 0 Å². The Kier molecular flexibility index (Phi) is 4.84. The second kappa shape index (κ2) is 7.40. The van der Waals surface area contributed by atoms with Gasteiger partial charge in [0.15, 0.2) is 5.82 Å². The Labute approximate surface area is 144 Å². The van der Waals surface area contributed by atoms with Gasteiger partial charge in [-0.2, -0.15) is 15.3 Å². The topological polar surface area (TPSA) is 86.5 Å². The summed E-state index contributed by atoms with van der Waals surface area (Å²) >= 11 is 6.13. The van der Waals surface area contributed by atoms with E-state index in [0.29, 0.717) is 28.9 Å². The van der Waals surface area contributed by atoms with Crippen LogP contribution in [0.1, 0.15) is 11.1 Å². The Bertz CT molecular complexity index is 873. The van der Waals surface area contributed by atoms with Gasteiger partial charge >= 0.3 is 0 Å². The third-order valence-corrected chi connectivity index (χ3v) is 3.62. The second-order valence-electron chi connectivity index (χ2n) is 4.92. The minimum absolute atomic E-state index is 0.365. The number of nitriles is 1. The molecule has 0 aliphatic heterocycles. The van der Waals surface area contributed by atoms with Crippen molar-refractivity contribution in [3.63, 3.8) is 0 Å². The van der Waals surface area contributed by atoms with Crippen molar-refractivity contribution in [2.45, 2.75) is 6.54 Å². The van der Waals surface area contributed by atoms with Gasteiger partial charge in [0.2, 0.25) is 5.95 Å². The largest absolute Gasteiger partial charge is 0.364 e. The van der Waals surface area contributed by atoms with Crippen molar-refractivity contribution in [3.8, 4) is 6.07 Å². The van der Waals surface area contributed by atoms with Gasteiger partial charge in [-0.25, -0.2) is 0 Å². The third kappa shape index (κ3) is 3.97.